The predicted molar refractivity (Wildman–Crippen MR) is 162 cm³/mol. The molecule has 1 heterocycles. The van der Waals surface area contributed by atoms with Crippen LogP contribution in [0.25, 0.3) is 0 Å². The summed E-state index contributed by atoms with van der Waals surface area (Å²) < 4.78 is 41.3. The van der Waals surface area contributed by atoms with Gasteiger partial charge in [-0.25, -0.2) is 8.42 Å². The highest BCUT2D eigenvalue weighted by molar-refractivity contribution is 7.92. The van der Waals surface area contributed by atoms with E-state index in [9.17, 15) is 18.3 Å². The molecule has 10 heteroatoms. The number of nitrogens with one attached hydrogen (secondary N) is 1. The molecule has 0 saturated carbocycles. The van der Waals surface area contributed by atoms with Crippen LogP contribution in [0.3, 0.4) is 0 Å². The van der Waals surface area contributed by atoms with Crippen LogP contribution in [0.2, 0.25) is 0 Å². The molecule has 4 atom stereocenters. The van der Waals surface area contributed by atoms with Crippen LogP contribution in [-0.2, 0) is 14.8 Å². The number of amides is 1. The van der Waals surface area contributed by atoms with Crippen molar-refractivity contribution in [3.63, 3.8) is 0 Å². The maximum absolute atomic E-state index is 14.2. The quantitative estimate of drug-likeness (QED) is 0.439. The van der Waals surface area contributed by atoms with Crippen molar-refractivity contribution < 1.29 is 27.8 Å². The van der Waals surface area contributed by atoms with E-state index in [0.29, 0.717) is 18.9 Å². The fraction of sp³-hybridized carbons (Fsp3) is 0.581. The monoisotopic (exact) mass is 589 g/mol. The van der Waals surface area contributed by atoms with Crippen LogP contribution in [0.1, 0.15) is 63.7 Å². The standard InChI is InChI=1S/C31H47N3O6S/c1-6-17-33(5)21-30-23(2)20-34(24(3)22-35)31(36)28-19-26(32-41(37,38)27-13-8-7-9-14-27)15-16-29(28)40-25(4)12-10-11-18-39-30/h7-9,13-16,19,23-25,30,32,35H,6,10-12,17-18,20-22H2,1-5H3/t23-,24-,25+,30-/m1/s1. The number of ether oxygens (including phenoxy) is 2. The summed E-state index contributed by atoms with van der Waals surface area (Å²) in [6.45, 7) is 10.5. The van der Waals surface area contributed by atoms with Gasteiger partial charge in [0.05, 0.1) is 35.3 Å². The molecule has 0 aromatic heterocycles. The number of aliphatic hydroxyl groups excluding tert-OH is 1. The molecule has 2 N–H and O–H groups in total. The highest BCUT2D eigenvalue weighted by atomic mass is 32.2. The normalized spacial score (nSPS) is 22.0. The second-order valence-corrected chi connectivity index (χ2v) is 12.9. The Morgan fingerprint density at radius 1 is 1.15 bits per heavy atom. The minimum absolute atomic E-state index is 0.0155. The Morgan fingerprint density at radius 3 is 2.56 bits per heavy atom. The lowest BCUT2D eigenvalue weighted by atomic mass is 10.0. The third kappa shape index (κ3) is 9.43. The van der Waals surface area contributed by atoms with Crippen LogP contribution in [0, 0.1) is 5.92 Å². The smallest absolute Gasteiger partial charge is 0.261 e. The van der Waals surface area contributed by atoms with Crippen LogP contribution in [0.15, 0.2) is 53.4 Å². The SMILES string of the molecule is CCCN(C)C[C@H]1OCCCC[C@H](C)Oc2ccc(NS(=O)(=O)c3ccccc3)cc2C(=O)N([C@H](C)CO)C[C@H]1C. The summed E-state index contributed by atoms with van der Waals surface area (Å²) in [4.78, 5) is 18.2. The number of sulfonamides is 1. The van der Waals surface area contributed by atoms with Gasteiger partial charge in [0.15, 0.2) is 0 Å². The molecule has 0 aliphatic carbocycles. The summed E-state index contributed by atoms with van der Waals surface area (Å²) in [6.07, 6.45) is 3.38. The molecule has 2 aromatic rings. The number of anilines is 1. The first-order valence-electron chi connectivity index (χ1n) is 14.7. The van der Waals surface area contributed by atoms with Crippen molar-refractivity contribution in [2.45, 2.75) is 76.5 Å². The van der Waals surface area contributed by atoms with Gasteiger partial charge < -0.3 is 24.4 Å². The Bertz CT molecular complexity index is 1210. The molecule has 0 radical (unpaired) electrons. The first kappa shape index (κ1) is 32.8. The largest absolute Gasteiger partial charge is 0.490 e. The van der Waals surface area contributed by atoms with Gasteiger partial charge in [-0.15, -0.1) is 0 Å². The molecule has 3 rings (SSSR count). The lowest BCUT2D eigenvalue weighted by Gasteiger charge is -2.35. The Balaban J connectivity index is 2.00. The Labute approximate surface area is 245 Å². The predicted octanol–water partition coefficient (Wildman–Crippen LogP) is 4.62. The number of nitrogens with zero attached hydrogens (tertiary/aromatic N) is 2. The Hall–Kier alpha value is -2.66. The Morgan fingerprint density at radius 2 is 1.88 bits per heavy atom. The third-order valence-corrected chi connectivity index (χ3v) is 8.85. The fourth-order valence-electron chi connectivity index (χ4n) is 5.04. The van der Waals surface area contributed by atoms with Gasteiger partial charge in [-0.05, 0) is 83.5 Å². The lowest BCUT2D eigenvalue weighted by Crippen LogP contribution is -2.47. The molecule has 1 aliphatic rings. The molecule has 0 spiro atoms. The molecular weight excluding hydrogens is 542 g/mol. The van der Waals surface area contributed by atoms with E-state index in [0.717, 1.165) is 38.8 Å². The van der Waals surface area contributed by atoms with E-state index in [4.69, 9.17) is 9.47 Å². The van der Waals surface area contributed by atoms with E-state index < -0.39 is 16.1 Å². The minimum Gasteiger partial charge on any atom is -0.490 e. The van der Waals surface area contributed by atoms with Crippen molar-refractivity contribution in [3.8, 4) is 5.75 Å². The van der Waals surface area contributed by atoms with Crippen LogP contribution in [-0.4, -0.2) is 87.4 Å². The molecule has 0 unspecified atom stereocenters. The number of fused-ring (bicyclic) bond motifs is 1. The molecule has 0 fully saturated rings. The van der Waals surface area contributed by atoms with Gasteiger partial charge in [-0.3, -0.25) is 9.52 Å². The average molecular weight is 590 g/mol. The van der Waals surface area contributed by atoms with Crippen molar-refractivity contribution in [2.75, 3.05) is 44.6 Å². The maximum atomic E-state index is 14.2. The van der Waals surface area contributed by atoms with E-state index in [-0.39, 0.29) is 46.8 Å². The first-order valence-corrected chi connectivity index (χ1v) is 16.1. The van der Waals surface area contributed by atoms with Gasteiger partial charge in [0.2, 0.25) is 0 Å². The van der Waals surface area contributed by atoms with Gasteiger partial charge in [0, 0.05) is 31.3 Å². The van der Waals surface area contributed by atoms with Crippen molar-refractivity contribution in [3.05, 3.63) is 54.1 Å². The Kier molecular flexibility index (Phi) is 12.4. The third-order valence-electron chi connectivity index (χ3n) is 7.45. The van der Waals surface area contributed by atoms with Crippen LogP contribution in [0.5, 0.6) is 5.75 Å². The van der Waals surface area contributed by atoms with Gasteiger partial charge in [-0.1, -0.05) is 32.0 Å². The molecular formula is C31H47N3O6S. The molecule has 1 aliphatic heterocycles. The van der Waals surface area contributed by atoms with E-state index >= 15 is 0 Å². The highest BCUT2D eigenvalue weighted by Gasteiger charge is 2.30. The zero-order valence-electron chi connectivity index (χ0n) is 25.1. The second-order valence-electron chi connectivity index (χ2n) is 11.2. The zero-order valence-corrected chi connectivity index (χ0v) is 25.9. The van der Waals surface area contributed by atoms with Crippen molar-refractivity contribution in [1.82, 2.24) is 9.80 Å². The van der Waals surface area contributed by atoms with E-state index in [1.807, 2.05) is 6.92 Å². The summed E-state index contributed by atoms with van der Waals surface area (Å²) in [7, 11) is -1.78. The van der Waals surface area contributed by atoms with E-state index in [1.165, 1.54) is 18.2 Å². The number of carbonyl (C=O) groups is 1. The maximum Gasteiger partial charge on any atom is 0.261 e. The van der Waals surface area contributed by atoms with Crippen molar-refractivity contribution in [2.24, 2.45) is 5.92 Å². The molecule has 228 valence electrons. The summed E-state index contributed by atoms with van der Waals surface area (Å²) in [5, 5.41) is 10.1. The van der Waals surface area contributed by atoms with Gasteiger partial charge >= 0.3 is 0 Å². The van der Waals surface area contributed by atoms with Gasteiger partial charge in [0.25, 0.3) is 15.9 Å². The minimum atomic E-state index is -3.86. The van der Waals surface area contributed by atoms with Crippen LogP contribution >= 0.6 is 0 Å². The number of carbonyl (C=O) groups excluding carboxylic acids is 1. The fourth-order valence-corrected chi connectivity index (χ4v) is 6.11. The van der Waals surface area contributed by atoms with Crippen LogP contribution in [0.4, 0.5) is 5.69 Å². The molecule has 2 aromatic carbocycles. The summed E-state index contributed by atoms with van der Waals surface area (Å²) in [5.41, 5.74) is 0.501. The second kappa shape index (κ2) is 15.5. The van der Waals surface area contributed by atoms with Crippen LogP contribution < -0.4 is 9.46 Å². The lowest BCUT2D eigenvalue weighted by molar-refractivity contribution is -0.0167. The number of benzene rings is 2. The number of hydrogen-bond donors (Lipinski definition) is 2. The number of aliphatic hydroxyl groups is 1. The van der Waals surface area contributed by atoms with E-state index in [1.54, 1.807) is 42.2 Å². The molecule has 9 nitrogen and oxygen atoms in total. The molecule has 0 bridgehead atoms. The van der Waals surface area contributed by atoms with Crippen molar-refractivity contribution >= 4 is 21.6 Å². The van der Waals surface area contributed by atoms with E-state index in [2.05, 4.69) is 30.5 Å². The van der Waals surface area contributed by atoms with Crippen molar-refractivity contribution in [1.29, 1.82) is 0 Å². The summed E-state index contributed by atoms with van der Waals surface area (Å²) in [5.74, 6) is 0.0397. The highest BCUT2D eigenvalue weighted by Crippen LogP contribution is 2.29. The first-order chi connectivity index (χ1) is 19.6. The number of hydrogen-bond acceptors (Lipinski definition) is 7. The summed E-state index contributed by atoms with van der Waals surface area (Å²) in [6, 6.07) is 12.4. The summed E-state index contributed by atoms with van der Waals surface area (Å²) >= 11 is 0. The molecule has 1 amide bonds. The zero-order chi connectivity index (χ0) is 30.0. The molecule has 41 heavy (non-hydrogen) atoms. The average Bonchev–Trinajstić information content (AvgIpc) is 2.95. The number of rotatable bonds is 9. The topological polar surface area (TPSA) is 108 Å². The number of likely N-dealkylation sites (N-methyl/N-ethyl adjacent to an activating group) is 1. The van der Waals surface area contributed by atoms with Gasteiger partial charge in [0.1, 0.15) is 5.75 Å². The molecule has 0 saturated heterocycles. The van der Waals surface area contributed by atoms with Gasteiger partial charge in [-0.2, -0.15) is 0 Å².